The van der Waals surface area contributed by atoms with E-state index < -0.39 is 11.2 Å². The first-order valence-electron chi connectivity index (χ1n) is 9.54. The van der Waals surface area contributed by atoms with Gasteiger partial charge in [-0.1, -0.05) is 24.6 Å². The van der Waals surface area contributed by atoms with Gasteiger partial charge < -0.3 is 4.90 Å². The Morgan fingerprint density at radius 1 is 1.25 bits per heavy atom. The fourth-order valence-corrected chi connectivity index (χ4v) is 3.81. The highest BCUT2D eigenvalue weighted by Gasteiger charge is 2.24. The van der Waals surface area contributed by atoms with Crippen molar-refractivity contribution in [2.45, 2.75) is 39.7 Å². The monoisotopic (exact) mass is 378 g/mol. The predicted octanol–water partition coefficient (Wildman–Crippen LogP) is 2.40. The number of pyridine rings is 1. The predicted molar refractivity (Wildman–Crippen MR) is 108 cm³/mol. The van der Waals surface area contributed by atoms with E-state index in [9.17, 15) is 14.4 Å². The van der Waals surface area contributed by atoms with Gasteiger partial charge in [0.05, 0.1) is 10.9 Å². The van der Waals surface area contributed by atoms with Crippen LogP contribution in [0.3, 0.4) is 0 Å². The van der Waals surface area contributed by atoms with Gasteiger partial charge in [0, 0.05) is 25.0 Å². The van der Waals surface area contributed by atoms with Gasteiger partial charge in [0.25, 0.3) is 11.5 Å². The Kier molecular flexibility index (Phi) is 4.58. The van der Waals surface area contributed by atoms with E-state index in [1.807, 2.05) is 26.0 Å². The normalized spacial score (nSPS) is 13.6. The summed E-state index contributed by atoms with van der Waals surface area (Å²) in [7, 11) is 0. The molecule has 0 bridgehead atoms. The van der Waals surface area contributed by atoms with Crippen LogP contribution in [-0.2, 0) is 13.0 Å². The minimum Gasteiger partial charge on any atom is -0.308 e. The molecule has 0 unspecified atom stereocenters. The molecule has 1 aromatic carbocycles. The van der Waals surface area contributed by atoms with Crippen molar-refractivity contribution in [3.8, 4) is 0 Å². The number of carbonyl (C=O) groups is 1. The van der Waals surface area contributed by atoms with Crippen molar-refractivity contribution in [2.75, 3.05) is 11.4 Å². The highest BCUT2D eigenvalue weighted by Crippen LogP contribution is 2.29. The van der Waals surface area contributed by atoms with Gasteiger partial charge in [-0.25, -0.2) is 9.78 Å². The average Bonchev–Trinajstić information content (AvgIpc) is 2.69. The molecular formula is C21H22N4O3. The first kappa shape index (κ1) is 18.2. The molecule has 3 heterocycles. The van der Waals surface area contributed by atoms with Gasteiger partial charge in [0.15, 0.2) is 0 Å². The lowest BCUT2D eigenvalue weighted by atomic mass is 9.99. The van der Waals surface area contributed by atoms with Gasteiger partial charge in [-0.2, -0.15) is 0 Å². The molecule has 3 aromatic rings. The third-order valence-corrected chi connectivity index (χ3v) is 5.13. The molecule has 4 rings (SSSR count). The number of amides is 1. The second-order valence-corrected chi connectivity index (χ2v) is 7.20. The van der Waals surface area contributed by atoms with Gasteiger partial charge >= 0.3 is 5.69 Å². The molecule has 144 valence electrons. The summed E-state index contributed by atoms with van der Waals surface area (Å²) >= 11 is 0. The topological polar surface area (TPSA) is 88.1 Å². The third-order valence-electron chi connectivity index (χ3n) is 5.13. The maximum absolute atomic E-state index is 13.2. The van der Waals surface area contributed by atoms with E-state index in [1.165, 1.54) is 22.4 Å². The smallest absolute Gasteiger partial charge is 0.308 e. The third kappa shape index (κ3) is 3.02. The first-order chi connectivity index (χ1) is 13.5. The summed E-state index contributed by atoms with van der Waals surface area (Å²) < 4.78 is 1.43. The van der Waals surface area contributed by atoms with E-state index in [1.54, 1.807) is 4.90 Å². The molecular weight excluding hydrogens is 356 g/mol. The van der Waals surface area contributed by atoms with Gasteiger partial charge in [-0.3, -0.25) is 19.1 Å². The molecule has 0 fully saturated rings. The minimum absolute atomic E-state index is 0.188. The number of aromatic nitrogens is 3. The maximum Gasteiger partial charge on any atom is 0.329 e. The van der Waals surface area contributed by atoms with Crippen LogP contribution in [0.5, 0.6) is 0 Å². The lowest BCUT2D eigenvalue weighted by Crippen LogP contribution is -2.36. The Hall–Kier alpha value is -3.22. The second kappa shape index (κ2) is 7.07. The van der Waals surface area contributed by atoms with Crippen molar-refractivity contribution < 1.29 is 4.79 Å². The number of carbonyl (C=O) groups excluding carboxylic acids is 1. The molecule has 0 aliphatic carbocycles. The number of aryl methyl sites for hydroxylation is 3. The number of hydrogen-bond donors (Lipinski definition) is 1. The second-order valence-electron chi connectivity index (χ2n) is 7.20. The van der Waals surface area contributed by atoms with Crippen molar-refractivity contribution in [3.63, 3.8) is 0 Å². The molecule has 7 nitrogen and oxygen atoms in total. The molecule has 0 saturated carbocycles. The van der Waals surface area contributed by atoms with Crippen molar-refractivity contribution in [1.29, 1.82) is 0 Å². The van der Waals surface area contributed by atoms with E-state index in [0.717, 1.165) is 30.5 Å². The van der Waals surface area contributed by atoms with E-state index in [0.29, 0.717) is 24.3 Å². The van der Waals surface area contributed by atoms with Gasteiger partial charge in [-0.05, 0) is 43.9 Å². The van der Waals surface area contributed by atoms with Crippen LogP contribution < -0.4 is 16.1 Å². The molecule has 7 heteroatoms. The Morgan fingerprint density at radius 3 is 2.86 bits per heavy atom. The van der Waals surface area contributed by atoms with Crippen LogP contribution in [0.25, 0.3) is 11.0 Å². The summed E-state index contributed by atoms with van der Waals surface area (Å²) in [6.45, 7) is 5.05. The van der Waals surface area contributed by atoms with Crippen LogP contribution in [0.2, 0.25) is 0 Å². The highest BCUT2D eigenvalue weighted by atomic mass is 16.2. The zero-order valence-corrected chi connectivity index (χ0v) is 16.0. The van der Waals surface area contributed by atoms with E-state index in [2.05, 4.69) is 16.0 Å². The van der Waals surface area contributed by atoms with E-state index in [-0.39, 0.29) is 11.3 Å². The maximum atomic E-state index is 13.2. The molecule has 0 radical (unpaired) electrons. The Balaban J connectivity index is 1.80. The van der Waals surface area contributed by atoms with Crippen LogP contribution in [0.15, 0.2) is 40.1 Å². The van der Waals surface area contributed by atoms with Gasteiger partial charge in [0.1, 0.15) is 5.65 Å². The Morgan fingerprint density at radius 2 is 2.07 bits per heavy atom. The molecule has 1 aliphatic rings. The Bertz CT molecular complexity index is 1190. The quantitative estimate of drug-likeness (QED) is 0.758. The summed E-state index contributed by atoms with van der Waals surface area (Å²) in [6.07, 6.45) is 4.02. The van der Waals surface area contributed by atoms with E-state index >= 15 is 0 Å². The van der Waals surface area contributed by atoms with Crippen molar-refractivity contribution in [1.82, 2.24) is 14.5 Å². The van der Waals surface area contributed by atoms with Crippen LogP contribution in [-0.4, -0.2) is 27.0 Å². The number of fused-ring (bicyclic) bond motifs is 2. The molecule has 28 heavy (non-hydrogen) atoms. The first-order valence-corrected chi connectivity index (χ1v) is 9.54. The van der Waals surface area contributed by atoms with Gasteiger partial charge in [0.2, 0.25) is 0 Å². The lowest BCUT2D eigenvalue weighted by Gasteiger charge is -2.29. The van der Waals surface area contributed by atoms with Crippen molar-refractivity contribution in [2.24, 2.45) is 0 Å². The molecule has 0 saturated heterocycles. The number of aromatic amines is 1. The highest BCUT2D eigenvalue weighted by molar-refractivity contribution is 6.07. The number of H-pyrrole nitrogens is 1. The lowest BCUT2D eigenvalue weighted by molar-refractivity contribution is 0.0985. The molecule has 0 atom stereocenters. The zero-order valence-electron chi connectivity index (χ0n) is 16.0. The van der Waals surface area contributed by atoms with Crippen LogP contribution in [0, 0.1) is 6.92 Å². The molecule has 1 aliphatic heterocycles. The van der Waals surface area contributed by atoms with Crippen LogP contribution in [0.1, 0.15) is 41.3 Å². The zero-order chi connectivity index (χ0) is 19.8. The number of rotatable bonds is 3. The summed E-state index contributed by atoms with van der Waals surface area (Å²) in [5.74, 6) is -0.188. The van der Waals surface area contributed by atoms with Crippen LogP contribution >= 0.6 is 0 Å². The van der Waals surface area contributed by atoms with Crippen molar-refractivity contribution >= 4 is 22.6 Å². The van der Waals surface area contributed by atoms with Gasteiger partial charge in [-0.15, -0.1) is 0 Å². The fourth-order valence-electron chi connectivity index (χ4n) is 3.81. The number of benzene rings is 1. The molecule has 1 amide bonds. The van der Waals surface area contributed by atoms with Crippen molar-refractivity contribution in [3.05, 3.63) is 68.0 Å². The number of hydrogen-bond acceptors (Lipinski definition) is 4. The summed E-state index contributed by atoms with van der Waals surface area (Å²) in [5.41, 5.74) is 2.88. The van der Waals surface area contributed by atoms with Crippen LogP contribution in [0.4, 0.5) is 5.69 Å². The molecule has 1 N–H and O–H groups in total. The molecule has 2 aromatic heterocycles. The minimum atomic E-state index is -0.524. The summed E-state index contributed by atoms with van der Waals surface area (Å²) in [5, 5.41) is 0.250. The number of nitrogens with one attached hydrogen (secondary N) is 1. The SMILES string of the molecule is CCCn1c(=O)[nH]c(=O)c2cc(C(=O)N3CCCc4cc(C)ccc43)cnc21. The standard InChI is InChI=1S/C21H22N4O3/c1-3-8-25-18-16(19(26)23-21(25)28)11-15(12-22-18)20(27)24-9-4-5-14-10-13(2)6-7-17(14)24/h6-7,10-12H,3-5,8-9H2,1-2H3,(H,23,26,28). The average molecular weight is 378 g/mol. The summed E-state index contributed by atoms with van der Waals surface area (Å²) in [4.78, 5) is 45.9. The fraction of sp³-hybridized carbons (Fsp3) is 0.333. The number of anilines is 1. The Labute approximate surface area is 161 Å². The number of nitrogens with zero attached hydrogens (tertiary/aromatic N) is 3. The largest absolute Gasteiger partial charge is 0.329 e. The summed E-state index contributed by atoms with van der Waals surface area (Å²) in [6, 6.07) is 7.62. The van der Waals surface area contributed by atoms with E-state index in [4.69, 9.17) is 0 Å². The molecule has 0 spiro atoms.